The van der Waals surface area contributed by atoms with Gasteiger partial charge in [-0.1, -0.05) is 82.4 Å². The minimum Gasteiger partial charge on any atom is -0.293 e. The van der Waals surface area contributed by atoms with Crippen molar-refractivity contribution in [1.29, 1.82) is 0 Å². The van der Waals surface area contributed by atoms with Gasteiger partial charge in [0.25, 0.3) is 11.8 Å². The van der Waals surface area contributed by atoms with Crippen molar-refractivity contribution < 1.29 is 14.4 Å². The zero-order valence-corrected chi connectivity index (χ0v) is 20.1. The number of thiocarbonyl (C=S) groups is 1. The van der Waals surface area contributed by atoms with E-state index in [2.05, 4.69) is 26.8 Å². The largest absolute Gasteiger partial charge is 0.293 e. The van der Waals surface area contributed by atoms with Crippen LogP contribution in [0.3, 0.4) is 0 Å². The van der Waals surface area contributed by atoms with E-state index in [0.717, 1.165) is 10.0 Å². The summed E-state index contributed by atoms with van der Waals surface area (Å²) >= 11 is 9.85. The zero-order valence-electron chi connectivity index (χ0n) is 16.9. The number of nitrogens with one attached hydrogen (secondary N) is 2. The summed E-state index contributed by atoms with van der Waals surface area (Å²) in [6.45, 7) is 0.332. The third-order valence-corrected chi connectivity index (χ3v) is 6.34. The number of nitrogens with zero attached hydrogens (tertiary/aromatic N) is 1. The van der Waals surface area contributed by atoms with Gasteiger partial charge in [0.2, 0.25) is 5.91 Å². The van der Waals surface area contributed by atoms with E-state index in [0.29, 0.717) is 27.8 Å². The first-order valence-corrected chi connectivity index (χ1v) is 11.8. The zero-order chi connectivity index (χ0) is 22.9. The van der Waals surface area contributed by atoms with E-state index in [1.54, 1.807) is 30.3 Å². The number of hydrogen-bond donors (Lipinski definition) is 2. The van der Waals surface area contributed by atoms with Crippen LogP contribution in [0.5, 0.6) is 0 Å². The first-order valence-electron chi connectivity index (χ1n) is 9.76. The molecular formula is C23H20BrN3O3S2. The summed E-state index contributed by atoms with van der Waals surface area (Å²) in [6.07, 6.45) is 6.05. The van der Waals surface area contributed by atoms with Crippen LogP contribution in [-0.2, 0) is 9.59 Å². The molecule has 2 aromatic rings. The molecule has 1 aliphatic rings. The number of rotatable bonds is 7. The van der Waals surface area contributed by atoms with E-state index in [4.69, 9.17) is 12.2 Å². The van der Waals surface area contributed by atoms with Crippen LogP contribution in [0, 0.1) is 0 Å². The average Bonchev–Trinajstić information content (AvgIpc) is 3.06. The van der Waals surface area contributed by atoms with Gasteiger partial charge in [0.15, 0.2) is 0 Å². The highest BCUT2D eigenvalue weighted by atomic mass is 79.9. The first kappa shape index (κ1) is 23.9. The van der Waals surface area contributed by atoms with Gasteiger partial charge >= 0.3 is 0 Å². The van der Waals surface area contributed by atoms with Crippen molar-refractivity contribution >= 4 is 68.0 Å². The average molecular weight is 530 g/mol. The van der Waals surface area contributed by atoms with Crippen LogP contribution in [0.2, 0.25) is 0 Å². The van der Waals surface area contributed by atoms with Crippen LogP contribution < -0.4 is 10.9 Å². The van der Waals surface area contributed by atoms with Crippen molar-refractivity contribution in [2.45, 2.75) is 12.8 Å². The molecule has 2 aromatic carbocycles. The number of amides is 3. The molecule has 0 atom stereocenters. The maximum Gasteiger partial charge on any atom is 0.269 e. The van der Waals surface area contributed by atoms with Gasteiger partial charge in [0.1, 0.15) is 4.32 Å². The summed E-state index contributed by atoms with van der Waals surface area (Å²) in [5.74, 6) is -0.916. The van der Waals surface area contributed by atoms with Gasteiger partial charge in [-0.25, -0.2) is 0 Å². The summed E-state index contributed by atoms with van der Waals surface area (Å²) in [5, 5.41) is 0. The Labute approximate surface area is 204 Å². The monoisotopic (exact) mass is 529 g/mol. The Morgan fingerprint density at radius 3 is 2.50 bits per heavy atom. The molecule has 164 valence electrons. The van der Waals surface area contributed by atoms with Crippen molar-refractivity contribution in [2.75, 3.05) is 6.54 Å². The molecule has 1 saturated heterocycles. The second-order valence-corrected chi connectivity index (χ2v) is 9.33. The van der Waals surface area contributed by atoms with Crippen molar-refractivity contribution in [1.82, 2.24) is 15.8 Å². The van der Waals surface area contributed by atoms with Crippen LogP contribution >= 0.6 is 39.9 Å². The van der Waals surface area contributed by atoms with Crippen molar-refractivity contribution in [2.24, 2.45) is 0 Å². The summed E-state index contributed by atoms with van der Waals surface area (Å²) in [6, 6.07) is 16.5. The summed E-state index contributed by atoms with van der Waals surface area (Å²) in [5.41, 5.74) is 6.23. The number of halogens is 1. The normalized spacial score (nSPS) is 14.9. The lowest BCUT2D eigenvalue weighted by molar-refractivity contribution is -0.124. The molecule has 0 unspecified atom stereocenters. The highest BCUT2D eigenvalue weighted by Crippen LogP contribution is 2.31. The Morgan fingerprint density at radius 2 is 1.78 bits per heavy atom. The highest BCUT2D eigenvalue weighted by Gasteiger charge is 2.31. The van der Waals surface area contributed by atoms with E-state index in [9.17, 15) is 14.4 Å². The second kappa shape index (κ2) is 11.8. The first-order chi connectivity index (χ1) is 15.4. The van der Waals surface area contributed by atoms with Crippen molar-refractivity contribution in [3.63, 3.8) is 0 Å². The molecule has 0 bridgehead atoms. The maximum absolute atomic E-state index is 12.6. The van der Waals surface area contributed by atoms with Crippen LogP contribution in [0.4, 0.5) is 0 Å². The van der Waals surface area contributed by atoms with Crippen LogP contribution in [0.15, 0.2) is 76.1 Å². The lowest BCUT2D eigenvalue weighted by Crippen LogP contribution is -2.41. The van der Waals surface area contributed by atoms with Gasteiger partial charge in [0, 0.05) is 23.0 Å². The quantitative estimate of drug-likeness (QED) is 0.314. The van der Waals surface area contributed by atoms with E-state index in [1.165, 1.54) is 16.7 Å². The summed E-state index contributed by atoms with van der Waals surface area (Å²) in [7, 11) is 0. The van der Waals surface area contributed by atoms with E-state index in [1.807, 2.05) is 42.5 Å². The number of allylic oxidation sites excluding steroid dienone is 2. The third-order valence-electron chi connectivity index (χ3n) is 4.42. The Hall–Kier alpha value is -2.75. The van der Waals surface area contributed by atoms with Gasteiger partial charge in [-0.3, -0.25) is 30.1 Å². The fourth-order valence-corrected chi connectivity index (χ4v) is 4.30. The van der Waals surface area contributed by atoms with Gasteiger partial charge in [-0.15, -0.1) is 0 Å². The lowest BCUT2D eigenvalue weighted by atomic mass is 10.2. The van der Waals surface area contributed by atoms with Crippen LogP contribution in [0.25, 0.3) is 6.08 Å². The molecule has 1 fully saturated rings. The Kier molecular flexibility index (Phi) is 8.78. The van der Waals surface area contributed by atoms with E-state index < -0.39 is 5.91 Å². The van der Waals surface area contributed by atoms with E-state index >= 15 is 0 Å². The Morgan fingerprint density at radius 1 is 1.06 bits per heavy atom. The molecule has 9 heteroatoms. The maximum atomic E-state index is 12.6. The van der Waals surface area contributed by atoms with Crippen LogP contribution in [0.1, 0.15) is 28.8 Å². The predicted octanol–water partition coefficient (Wildman–Crippen LogP) is 4.45. The van der Waals surface area contributed by atoms with Gasteiger partial charge < -0.3 is 0 Å². The molecule has 1 heterocycles. The van der Waals surface area contributed by atoms with Crippen molar-refractivity contribution in [3.8, 4) is 0 Å². The standard InChI is InChI=1S/C23H20BrN3O3S2/c24-18-13-11-17(12-14-18)21(29)26-25-20(28)10-5-15-27-22(30)19(32-23(27)31)9-4-8-16-6-2-1-3-7-16/h1-4,6-9,11-14H,5,10,15H2,(H,25,28)(H,26,29). The SMILES string of the molecule is O=C(CCCN1C(=O)C(=CC=Cc2ccccc2)SC1=S)NNC(=O)c1ccc(Br)cc1. The number of hydrazine groups is 1. The molecule has 32 heavy (non-hydrogen) atoms. The summed E-state index contributed by atoms with van der Waals surface area (Å²) < 4.78 is 1.33. The fraction of sp³-hybridized carbons (Fsp3) is 0.130. The minimum absolute atomic E-state index is 0.143. The number of hydrogen-bond acceptors (Lipinski definition) is 5. The Balaban J connectivity index is 1.42. The molecule has 3 amide bonds. The molecular weight excluding hydrogens is 510 g/mol. The third kappa shape index (κ3) is 6.88. The lowest BCUT2D eigenvalue weighted by Gasteiger charge is -2.14. The smallest absolute Gasteiger partial charge is 0.269 e. The fourth-order valence-electron chi connectivity index (χ4n) is 2.78. The number of carbonyl (C=O) groups is 3. The molecule has 0 aromatic heterocycles. The van der Waals surface area contributed by atoms with Crippen LogP contribution in [-0.4, -0.2) is 33.5 Å². The highest BCUT2D eigenvalue weighted by molar-refractivity contribution is 9.10. The number of carbonyl (C=O) groups excluding carboxylic acids is 3. The Bertz CT molecular complexity index is 1070. The van der Waals surface area contributed by atoms with E-state index in [-0.39, 0.29) is 18.2 Å². The topological polar surface area (TPSA) is 78.5 Å². The van der Waals surface area contributed by atoms with Gasteiger partial charge in [-0.05, 0) is 42.3 Å². The predicted molar refractivity (Wildman–Crippen MR) is 134 cm³/mol. The second-order valence-electron chi connectivity index (χ2n) is 6.74. The molecule has 0 saturated carbocycles. The number of benzene rings is 2. The molecule has 0 radical (unpaired) electrons. The molecule has 1 aliphatic heterocycles. The number of thioether (sulfide) groups is 1. The van der Waals surface area contributed by atoms with Gasteiger partial charge in [0.05, 0.1) is 4.91 Å². The van der Waals surface area contributed by atoms with Gasteiger partial charge in [-0.2, -0.15) is 0 Å². The molecule has 3 rings (SSSR count). The molecule has 6 nitrogen and oxygen atoms in total. The molecule has 0 spiro atoms. The summed E-state index contributed by atoms with van der Waals surface area (Å²) in [4.78, 5) is 38.7. The molecule has 2 N–H and O–H groups in total. The minimum atomic E-state index is -0.406. The van der Waals surface area contributed by atoms with Crippen molar-refractivity contribution in [3.05, 3.63) is 87.3 Å². The molecule has 0 aliphatic carbocycles.